The summed E-state index contributed by atoms with van der Waals surface area (Å²) < 4.78 is 2.04. The molecule has 0 aromatic heterocycles. The summed E-state index contributed by atoms with van der Waals surface area (Å²) in [5.41, 5.74) is 1.74. The van der Waals surface area contributed by atoms with Gasteiger partial charge in [-0.2, -0.15) is 0 Å². The minimum atomic E-state index is 0.719. The molecule has 15 heavy (non-hydrogen) atoms. The van der Waals surface area contributed by atoms with Crippen LogP contribution in [0.15, 0.2) is 33.2 Å². The van der Waals surface area contributed by atoms with E-state index >= 15 is 0 Å². The van der Waals surface area contributed by atoms with E-state index < -0.39 is 0 Å². The maximum Gasteiger partial charge on any atom is 0.190 e. The van der Waals surface area contributed by atoms with Gasteiger partial charge in [-0.25, -0.2) is 4.85 Å². The van der Waals surface area contributed by atoms with Crippen molar-refractivity contribution in [3.63, 3.8) is 0 Å². The van der Waals surface area contributed by atoms with Crippen molar-refractivity contribution in [3.8, 4) is 0 Å². The molecular weight excluding hydrogens is 318 g/mol. The Morgan fingerprint density at radius 3 is 2.07 bits per heavy atom. The molecule has 0 amide bonds. The van der Waals surface area contributed by atoms with E-state index in [0.717, 1.165) is 31.0 Å². The molecule has 0 heterocycles. The predicted molar refractivity (Wildman–Crippen MR) is 70.3 cm³/mol. The predicted octanol–water partition coefficient (Wildman–Crippen LogP) is 5.22. The summed E-state index contributed by atoms with van der Waals surface area (Å²) in [6, 6.07) is 8.04. The lowest BCUT2D eigenvalue weighted by Crippen LogP contribution is -1.78. The molecule has 2 aromatic rings. The molecule has 0 atom stereocenters. The third kappa shape index (κ3) is 1.92. The fourth-order valence-electron chi connectivity index (χ4n) is 1.52. The SMILES string of the molecule is [C-]#[N+]c1cc2cc(Br)c(Br)cc2cc1C. The van der Waals surface area contributed by atoms with Gasteiger partial charge in [0.15, 0.2) is 5.69 Å². The van der Waals surface area contributed by atoms with Crippen molar-refractivity contribution in [1.82, 2.24) is 0 Å². The van der Waals surface area contributed by atoms with Crippen LogP contribution in [0, 0.1) is 13.5 Å². The van der Waals surface area contributed by atoms with E-state index in [4.69, 9.17) is 6.57 Å². The Morgan fingerprint density at radius 2 is 1.53 bits per heavy atom. The zero-order valence-corrected chi connectivity index (χ0v) is 11.2. The molecule has 2 rings (SSSR count). The summed E-state index contributed by atoms with van der Waals surface area (Å²) in [6.45, 7) is 9.02. The van der Waals surface area contributed by atoms with Crippen LogP contribution in [0.25, 0.3) is 15.6 Å². The Morgan fingerprint density at radius 1 is 1.00 bits per heavy atom. The number of aryl methyl sites for hydroxylation is 1. The highest BCUT2D eigenvalue weighted by atomic mass is 79.9. The van der Waals surface area contributed by atoms with E-state index in [-0.39, 0.29) is 0 Å². The van der Waals surface area contributed by atoms with Gasteiger partial charge < -0.3 is 0 Å². The number of fused-ring (bicyclic) bond motifs is 1. The standard InChI is InChI=1S/C12H7Br2N/c1-7-3-8-4-10(13)11(14)5-9(8)6-12(7)15-2/h3-6H,1H3. The van der Waals surface area contributed by atoms with Crippen LogP contribution < -0.4 is 0 Å². The Kier molecular flexibility index (Phi) is 2.81. The van der Waals surface area contributed by atoms with Crippen molar-refractivity contribution in [1.29, 1.82) is 0 Å². The zero-order valence-electron chi connectivity index (χ0n) is 8.01. The summed E-state index contributed by atoms with van der Waals surface area (Å²) in [7, 11) is 0. The molecule has 0 saturated heterocycles. The lowest BCUT2D eigenvalue weighted by atomic mass is 10.1. The van der Waals surface area contributed by atoms with Crippen LogP contribution >= 0.6 is 31.9 Å². The lowest BCUT2D eigenvalue weighted by Gasteiger charge is -2.04. The van der Waals surface area contributed by atoms with Gasteiger partial charge in [0.1, 0.15) is 0 Å². The fraction of sp³-hybridized carbons (Fsp3) is 0.0833. The molecule has 0 radical (unpaired) electrons. The first-order chi connectivity index (χ1) is 7.11. The summed E-state index contributed by atoms with van der Waals surface area (Å²) in [5, 5.41) is 2.23. The average Bonchev–Trinajstić information content (AvgIpc) is 2.20. The second-order valence-electron chi connectivity index (χ2n) is 3.36. The summed E-state index contributed by atoms with van der Waals surface area (Å²) in [5.74, 6) is 0. The number of benzene rings is 2. The van der Waals surface area contributed by atoms with Crippen LogP contribution in [0.4, 0.5) is 5.69 Å². The molecule has 1 nitrogen and oxygen atoms in total. The Balaban J connectivity index is 2.84. The molecule has 0 spiro atoms. The maximum absolute atomic E-state index is 7.06. The third-order valence-corrected chi connectivity index (χ3v) is 4.16. The number of rotatable bonds is 0. The molecule has 0 bridgehead atoms. The van der Waals surface area contributed by atoms with E-state index in [2.05, 4.69) is 42.8 Å². The van der Waals surface area contributed by atoms with Gasteiger partial charge in [-0.1, -0.05) is 6.07 Å². The first-order valence-corrected chi connectivity index (χ1v) is 5.97. The van der Waals surface area contributed by atoms with E-state index in [1.165, 1.54) is 0 Å². The number of hydrogen-bond donors (Lipinski definition) is 0. The van der Waals surface area contributed by atoms with E-state index in [9.17, 15) is 0 Å². The van der Waals surface area contributed by atoms with Gasteiger partial charge in [0.2, 0.25) is 0 Å². The quantitative estimate of drug-likeness (QED) is 0.585. The highest BCUT2D eigenvalue weighted by molar-refractivity contribution is 9.13. The van der Waals surface area contributed by atoms with E-state index in [1.807, 2.05) is 25.1 Å². The van der Waals surface area contributed by atoms with Crippen LogP contribution in [0.3, 0.4) is 0 Å². The normalized spacial score (nSPS) is 10.3. The summed E-state index contributed by atoms with van der Waals surface area (Å²) >= 11 is 6.93. The van der Waals surface area contributed by atoms with Crippen molar-refractivity contribution in [2.75, 3.05) is 0 Å². The maximum atomic E-state index is 7.06. The molecule has 0 fully saturated rings. The minimum absolute atomic E-state index is 0.719. The second-order valence-corrected chi connectivity index (χ2v) is 5.07. The fourth-order valence-corrected chi connectivity index (χ4v) is 2.24. The molecule has 0 N–H and O–H groups in total. The van der Waals surface area contributed by atoms with Gasteiger partial charge in [0, 0.05) is 8.95 Å². The Hall–Kier alpha value is -0.850. The average molecular weight is 325 g/mol. The first-order valence-electron chi connectivity index (χ1n) is 4.38. The Labute approximate surface area is 105 Å². The van der Waals surface area contributed by atoms with Gasteiger partial charge in [0.05, 0.1) is 6.57 Å². The summed E-state index contributed by atoms with van der Waals surface area (Å²) in [6.07, 6.45) is 0. The highest BCUT2D eigenvalue weighted by Gasteiger charge is 2.04. The van der Waals surface area contributed by atoms with Crippen molar-refractivity contribution in [3.05, 3.63) is 50.2 Å². The van der Waals surface area contributed by atoms with Crippen LogP contribution in [-0.4, -0.2) is 0 Å². The van der Waals surface area contributed by atoms with Crippen LogP contribution in [0.5, 0.6) is 0 Å². The van der Waals surface area contributed by atoms with Gasteiger partial charge in [-0.05, 0) is 73.3 Å². The minimum Gasteiger partial charge on any atom is -0.238 e. The molecule has 0 saturated carbocycles. The molecule has 0 aliphatic heterocycles. The molecule has 3 heteroatoms. The topological polar surface area (TPSA) is 4.36 Å². The van der Waals surface area contributed by atoms with E-state index in [0.29, 0.717) is 0 Å². The number of hydrogen-bond acceptors (Lipinski definition) is 0. The zero-order chi connectivity index (χ0) is 11.0. The largest absolute Gasteiger partial charge is 0.238 e. The lowest BCUT2D eigenvalue weighted by molar-refractivity contribution is 1.51. The molecule has 0 unspecified atom stereocenters. The monoisotopic (exact) mass is 323 g/mol. The molecule has 0 aliphatic carbocycles. The van der Waals surface area contributed by atoms with Gasteiger partial charge in [0.25, 0.3) is 0 Å². The smallest absolute Gasteiger partial charge is 0.190 e. The first kappa shape index (κ1) is 10.7. The molecule has 74 valence electrons. The molecule has 2 aromatic carbocycles. The van der Waals surface area contributed by atoms with Gasteiger partial charge in [-0.15, -0.1) is 0 Å². The number of nitrogens with zero attached hydrogens (tertiary/aromatic N) is 1. The van der Waals surface area contributed by atoms with Gasteiger partial charge >= 0.3 is 0 Å². The van der Waals surface area contributed by atoms with Crippen molar-refractivity contribution in [2.45, 2.75) is 6.92 Å². The summed E-state index contributed by atoms with van der Waals surface area (Å²) in [4.78, 5) is 3.50. The van der Waals surface area contributed by atoms with Crippen LogP contribution in [0.2, 0.25) is 0 Å². The van der Waals surface area contributed by atoms with Gasteiger partial charge in [-0.3, -0.25) is 0 Å². The van der Waals surface area contributed by atoms with Crippen LogP contribution in [-0.2, 0) is 0 Å². The molecular formula is C12H7Br2N. The van der Waals surface area contributed by atoms with Crippen LogP contribution in [0.1, 0.15) is 5.56 Å². The van der Waals surface area contributed by atoms with Crippen molar-refractivity contribution in [2.24, 2.45) is 0 Å². The number of halogens is 2. The van der Waals surface area contributed by atoms with Crippen molar-refractivity contribution >= 4 is 48.3 Å². The molecule has 0 aliphatic rings. The van der Waals surface area contributed by atoms with E-state index in [1.54, 1.807) is 0 Å². The van der Waals surface area contributed by atoms with Crippen molar-refractivity contribution < 1.29 is 0 Å². The second kappa shape index (κ2) is 3.96. The third-order valence-electron chi connectivity index (χ3n) is 2.31. The highest BCUT2D eigenvalue weighted by Crippen LogP contribution is 2.32. The Bertz CT molecular complexity index is 582.